The highest BCUT2D eigenvalue weighted by Crippen LogP contribution is 2.41. The van der Waals surface area contributed by atoms with E-state index < -0.39 is 5.92 Å². The number of alkyl halides is 2. The SMILES string of the molecule is CNC(CCCC1CCCO1)C1CCC(F)(F)C1. The number of halogens is 2. The summed E-state index contributed by atoms with van der Waals surface area (Å²) in [5, 5.41) is 3.23. The van der Waals surface area contributed by atoms with Crippen LogP contribution in [0.25, 0.3) is 0 Å². The number of hydrogen-bond acceptors (Lipinski definition) is 2. The molecule has 0 radical (unpaired) electrons. The number of rotatable bonds is 6. The van der Waals surface area contributed by atoms with Gasteiger partial charge in [0, 0.05) is 25.5 Å². The molecule has 1 aliphatic carbocycles. The Morgan fingerprint density at radius 3 is 2.78 bits per heavy atom. The van der Waals surface area contributed by atoms with Gasteiger partial charge in [-0.1, -0.05) is 0 Å². The average molecular weight is 261 g/mol. The van der Waals surface area contributed by atoms with E-state index in [1.165, 1.54) is 12.8 Å². The molecule has 2 nitrogen and oxygen atoms in total. The zero-order chi connectivity index (χ0) is 13.0. The molecule has 4 heteroatoms. The standard InChI is InChI=1S/C14H25F2NO/c1-17-13(11-7-8-14(15,16)10-11)6-2-4-12-5-3-9-18-12/h11-13,17H,2-10H2,1H3. The summed E-state index contributed by atoms with van der Waals surface area (Å²) in [4.78, 5) is 0. The van der Waals surface area contributed by atoms with Crippen LogP contribution >= 0.6 is 0 Å². The summed E-state index contributed by atoms with van der Waals surface area (Å²) in [6.45, 7) is 0.898. The smallest absolute Gasteiger partial charge is 0.248 e. The van der Waals surface area contributed by atoms with Gasteiger partial charge < -0.3 is 10.1 Å². The van der Waals surface area contributed by atoms with E-state index >= 15 is 0 Å². The van der Waals surface area contributed by atoms with E-state index in [1.54, 1.807) is 0 Å². The summed E-state index contributed by atoms with van der Waals surface area (Å²) in [6.07, 6.45) is 6.74. The second-order valence-corrected chi connectivity index (χ2v) is 5.82. The first kappa shape index (κ1) is 14.2. The lowest BCUT2D eigenvalue weighted by Gasteiger charge is -2.23. The summed E-state index contributed by atoms with van der Waals surface area (Å²) < 4.78 is 32.0. The van der Waals surface area contributed by atoms with Crippen LogP contribution in [0.3, 0.4) is 0 Å². The molecule has 3 unspecified atom stereocenters. The maximum Gasteiger partial charge on any atom is 0.248 e. The molecular formula is C14H25F2NO. The third-order valence-electron chi connectivity index (χ3n) is 4.45. The lowest BCUT2D eigenvalue weighted by atomic mass is 9.92. The van der Waals surface area contributed by atoms with Crippen molar-refractivity contribution in [2.75, 3.05) is 13.7 Å². The Kier molecular flexibility index (Phi) is 4.96. The van der Waals surface area contributed by atoms with Gasteiger partial charge in [0.15, 0.2) is 0 Å². The summed E-state index contributed by atoms with van der Waals surface area (Å²) in [5.74, 6) is -2.27. The van der Waals surface area contributed by atoms with Crippen molar-refractivity contribution in [1.29, 1.82) is 0 Å². The van der Waals surface area contributed by atoms with Crippen molar-refractivity contribution < 1.29 is 13.5 Å². The highest BCUT2D eigenvalue weighted by atomic mass is 19.3. The van der Waals surface area contributed by atoms with Gasteiger partial charge in [0.2, 0.25) is 5.92 Å². The Hall–Kier alpha value is -0.220. The van der Waals surface area contributed by atoms with Gasteiger partial charge in [-0.05, 0) is 51.5 Å². The fourth-order valence-electron chi connectivity index (χ4n) is 3.38. The summed E-state index contributed by atoms with van der Waals surface area (Å²) in [6, 6.07) is 0.250. The highest BCUT2D eigenvalue weighted by Gasteiger charge is 2.41. The van der Waals surface area contributed by atoms with E-state index in [4.69, 9.17) is 4.74 Å². The van der Waals surface area contributed by atoms with Gasteiger partial charge >= 0.3 is 0 Å². The minimum atomic E-state index is -2.42. The molecule has 1 saturated carbocycles. The van der Waals surface area contributed by atoms with Gasteiger partial charge in [-0.2, -0.15) is 0 Å². The maximum atomic E-state index is 13.2. The Morgan fingerprint density at radius 2 is 2.22 bits per heavy atom. The molecule has 1 heterocycles. The molecule has 1 aliphatic heterocycles. The number of ether oxygens (including phenoxy) is 1. The molecule has 2 fully saturated rings. The molecule has 0 aromatic rings. The first-order valence-electron chi connectivity index (χ1n) is 7.27. The van der Waals surface area contributed by atoms with Gasteiger partial charge in [-0.25, -0.2) is 8.78 Å². The molecule has 0 aromatic heterocycles. The van der Waals surface area contributed by atoms with Crippen LogP contribution in [0, 0.1) is 5.92 Å². The van der Waals surface area contributed by atoms with Crippen molar-refractivity contribution in [2.45, 2.75) is 69.4 Å². The Morgan fingerprint density at radius 1 is 1.39 bits per heavy atom. The molecule has 18 heavy (non-hydrogen) atoms. The fraction of sp³-hybridized carbons (Fsp3) is 1.00. The first-order chi connectivity index (χ1) is 8.61. The molecule has 0 amide bonds. The van der Waals surface area contributed by atoms with Crippen LogP contribution in [0.15, 0.2) is 0 Å². The lowest BCUT2D eigenvalue weighted by Crippen LogP contribution is -2.33. The Labute approximate surface area is 108 Å². The third-order valence-corrected chi connectivity index (χ3v) is 4.45. The average Bonchev–Trinajstić information content (AvgIpc) is 2.94. The second kappa shape index (κ2) is 6.29. The molecule has 0 bridgehead atoms. The summed E-state index contributed by atoms with van der Waals surface area (Å²) >= 11 is 0. The minimum absolute atomic E-state index is 0.0679. The van der Waals surface area contributed by atoms with Crippen LogP contribution in [0.4, 0.5) is 8.78 Å². The summed E-state index contributed by atoms with van der Waals surface area (Å²) in [7, 11) is 1.90. The molecule has 1 saturated heterocycles. The third kappa shape index (κ3) is 3.89. The van der Waals surface area contributed by atoms with Gasteiger partial charge in [0.05, 0.1) is 6.10 Å². The van der Waals surface area contributed by atoms with E-state index in [-0.39, 0.29) is 24.8 Å². The van der Waals surface area contributed by atoms with Crippen LogP contribution in [0.5, 0.6) is 0 Å². The number of nitrogens with one attached hydrogen (secondary N) is 1. The lowest BCUT2D eigenvalue weighted by molar-refractivity contribution is 0.00315. The Bertz CT molecular complexity index is 254. The van der Waals surface area contributed by atoms with Gasteiger partial charge in [-0.15, -0.1) is 0 Å². The predicted octanol–water partition coefficient (Wildman–Crippen LogP) is 3.36. The van der Waals surface area contributed by atoms with Crippen LogP contribution in [-0.4, -0.2) is 31.7 Å². The maximum absolute atomic E-state index is 13.2. The zero-order valence-electron chi connectivity index (χ0n) is 11.3. The molecule has 1 N–H and O–H groups in total. The van der Waals surface area contributed by atoms with E-state index in [2.05, 4.69) is 5.32 Å². The molecule has 106 valence electrons. The molecule has 3 atom stereocenters. The van der Waals surface area contributed by atoms with Gasteiger partial charge in [0.25, 0.3) is 0 Å². The summed E-state index contributed by atoms with van der Waals surface area (Å²) in [5.41, 5.74) is 0. The zero-order valence-corrected chi connectivity index (χ0v) is 11.3. The molecule has 2 aliphatic rings. The normalized spacial score (nSPS) is 32.8. The van der Waals surface area contributed by atoms with Crippen molar-refractivity contribution in [3.8, 4) is 0 Å². The van der Waals surface area contributed by atoms with Crippen LogP contribution in [-0.2, 0) is 4.74 Å². The van der Waals surface area contributed by atoms with Crippen LogP contribution in [0.2, 0.25) is 0 Å². The monoisotopic (exact) mass is 261 g/mol. The molecule has 0 spiro atoms. The quantitative estimate of drug-likeness (QED) is 0.791. The van der Waals surface area contributed by atoms with Crippen LogP contribution < -0.4 is 5.32 Å². The second-order valence-electron chi connectivity index (χ2n) is 5.82. The van der Waals surface area contributed by atoms with E-state index in [1.807, 2.05) is 7.05 Å². The van der Waals surface area contributed by atoms with Gasteiger partial charge in [-0.3, -0.25) is 0 Å². The van der Waals surface area contributed by atoms with Gasteiger partial charge in [0.1, 0.15) is 0 Å². The first-order valence-corrected chi connectivity index (χ1v) is 7.27. The van der Waals surface area contributed by atoms with Crippen LogP contribution in [0.1, 0.15) is 51.4 Å². The molecule has 2 rings (SSSR count). The highest BCUT2D eigenvalue weighted by molar-refractivity contribution is 4.88. The van der Waals surface area contributed by atoms with Crippen molar-refractivity contribution in [2.24, 2.45) is 5.92 Å². The van der Waals surface area contributed by atoms with E-state index in [0.717, 1.165) is 25.9 Å². The largest absolute Gasteiger partial charge is 0.378 e. The fourth-order valence-corrected chi connectivity index (χ4v) is 3.38. The molecular weight excluding hydrogens is 236 g/mol. The van der Waals surface area contributed by atoms with Crippen molar-refractivity contribution in [3.63, 3.8) is 0 Å². The topological polar surface area (TPSA) is 21.3 Å². The van der Waals surface area contributed by atoms with Crippen molar-refractivity contribution in [1.82, 2.24) is 5.32 Å². The van der Waals surface area contributed by atoms with Crippen molar-refractivity contribution in [3.05, 3.63) is 0 Å². The Balaban J connectivity index is 1.68. The minimum Gasteiger partial charge on any atom is -0.378 e. The number of hydrogen-bond donors (Lipinski definition) is 1. The predicted molar refractivity (Wildman–Crippen MR) is 68.0 cm³/mol. The van der Waals surface area contributed by atoms with E-state index in [9.17, 15) is 8.78 Å². The molecule has 0 aromatic carbocycles. The van der Waals surface area contributed by atoms with Crippen molar-refractivity contribution >= 4 is 0 Å². The van der Waals surface area contributed by atoms with E-state index in [0.29, 0.717) is 12.5 Å².